The summed E-state index contributed by atoms with van der Waals surface area (Å²) in [5.41, 5.74) is 6.10. The van der Waals surface area contributed by atoms with E-state index < -0.39 is 23.7 Å². The molecule has 0 radical (unpaired) electrons. The van der Waals surface area contributed by atoms with E-state index in [1.165, 1.54) is 0 Å². The highest BCUT2D eigenvalue weighted by Gasteiger charge is 2.42. The first-order chi connectivity index (χ1) is 9.34. The summed E-state index contributed by atoms with van der Waals surface area (Å²) in [6.07, 6.45) is -3.76. The lowest BCUT2D eigenvalue weighted by atomic mass is 10.1. The van der Waals surface area contributed by atoms with Crippen LogP contribution in [0.2, 0.25) is 0 Å². The maximum Gasteiger partial charge on any atom is 0.401 e. The van der Waals surface area contributed by atoms with E-state index in [1.54, 1.807) is 31.4 Å². The highest BCUT2D eigenvalue weighted by Crippen LogP contribution is 2.27. The highest BCUT2D eigenvalue weighted by molar-refractivity contribution is 7.80. The lowest BCUT2D eigenvalue weighted by Gasteiger charge is -2.19. The molecule has 0 saturated carbocycles. The number of methoxy groups -OCH3 is 1. The Morgan fingerprint density at radius 1 is 1.30 bits per heavy atom. The van der Waals surface area contributed by atoms with Crippen molar-refractivity contribution in [2.75, 3.05) is 20.3 Å². The second-order valence-corrected chi connectivity index (χ2v) is 4.67. The molecule has 0 aliphatic carbocycles. The molecule has 1 atom stereocenters. The first kappa shape index (κ1) is 16.7. The molecule has 2 N–H and O–H groups in total. The van der Waals surface area contributed by atoms with Crippen LogP contribution in [0.25, 0.3) is 0 Å². The molecule has 0 heterocycles. The molecule has 0 bridgehead atoms. The van der Waals surface area contributed by atoms with Crippen LogP contribution in [0.15, 0.2) is 24.3 Å². The number of benzene rings is 1. The maximum atomic E-state index is 12.6. The van der Waals surface area contributed by atoms with Gasteiger partial charge in [0.15, 0.2) is 0 Å². The Bertz CT molecular complexity index is 434. The van der Waals surface area contributed by atoms with Gasteiger partial charge in [0, 0.05) is 7.11 Å². The molecule has 0 aliphatic rings. The Kier molecular flexibility index (Phi) is 6.22. The second kappa shape index (κ2) is 7.44. The predicted molar refractivity (Wildman–Crippen MR) is 73.8 cm³/mol. The molecule has 0 fully saturated rings. The maximum absolute atomic E-state index is 12.6. The normalized spacial score (nSPS) is 13.0. The van der Waals surface area contributed by atoms with Crippen LogP contribution in [-0.2, 0) is 11.2 Å². The Labute approximate surface area is 120 Å². The van der Waals surface area contributed by atoms with Crippen molar-refractivity contribution >= 4 is 17.2 Å². The van der Waals surface area contributed by atoms with E-state index >= 15 is 0 Å². The molecule has 3 nitrogen and oxygen atoms in total. The van der Waals surface area contributed by atoms with Gasteiger partial charge in [-0.2, -0.15) is 13.2 Å². The lowest BCUT2D eigenvalue weighted by Crippen LogP contribution is -2.38. The summed E-state index contributed by atoms with van der Waals surface area (Å²) in [7, 11) is 1.60. The molecular formula is C13H16F3NO2S. The Hall–Kier alpha value is -1.34. The van der Waals surface area contributed by atoms with E-state index in [1.807, 2.05) is 0 Å². The molecule has 1 rings (SSSR count). The topological polar surface area (TPSA) is 44.5 Å². The molecule has 1 aromatic carbocycles. The fourth-order valence-corrected chi connectivity index (χ4v) is 1.69. The number of halogens is 3. The molecule has 0 aromatic heterocycles. The summed E-state index contributed by atoms with van der Waals surface area (Å²) in [4.78, 5) is -0.616. The van der Waals surface area contributed by atoms with Crippen LogP contribution in [0.1, 0.15) is 5.56 Å². The number of hydrogen-bond donors (Lipinski definition) is 1. The fraction of sp³-hybridized carbons (Fsp3) is 0.462. The summed E-state index contributed by atoms with van der Waals surface area (Å²) >= 11 is 4.41. The van der Waals surface area contributed by atoms with Gasteiger partial charge in [-0.25, -0.2) is 0 Å². The van der Waals surface area contributed by atoms with Gasteiger partial charge in [-0.1, -0.05) is 24.4 Å². The van der Waals surface area contributed by atoms with Crippen LogP contribution >= 0.6 is 12.2 Å². The molecular weight excluding hydrogens is 291 g/mol. The number of alkyl halides is 3. The van der Waals surface area contributed by atoms with Crippen LogP contribution < -0.4 is 10.5 Å². The minimum Gasteiger partial charge on any atom is -0.493 e. The van der Waals surface area contributed by atoms with E-state index in [4.69, 9.17) is 15.2 Å². The Balaban J connectivity index is 2.58. The van der Waals surface area contributed by atoms with Crippen molar-refractivity contribution in [3.63, 3.8) is 0 Å². The average Bonchev–Trinajstić information content (AvgIpc) is 2.36. The van der Waals surface area contributed by atoms with Crippen molar-refractivity contribution in [2.45, 2.75) is 12.6 Å². The van der Waals surface area contributed by atoms with Crippen LogP contribution in [0.5, 0.6) is 5.75 Å². The van der Waals surface area contributed by atoms with Crippen molar-refractivity contribution < 1.29 is 22.6 Å². The number of nitrogens with two attached hydrogens (primary N) is 1. The molecule has 7 heteroatoms. The third-order valence-electron chi connectivity index (χ3n) is 2.67. The van der Waals surface area contributed by atoms with Crippen molar-refractivity contribution in [1.29, 1.82) is 0 Å². The average molecular weight is 307 g/mol. The van der Waals surface area contributed by atoms with Crippen LogP contribution in [0.3, 0.4) is 0 Å². The highest BCUT2D eigenvalue weighted by atomic mass is 32.1. The molecule has 0 saturated heterocycles. The van der Waals surface area contributed by atoms with E-state index in [-0.39, 0.29) is 0 Å². The summed E-state index contributed by atoms with van der Waals surface area (Å²) in [6, 6.07) is 6.77. The SMILES string of the molecule is COCCc1ccc(OCC(C(N)=S)C(F)(F)F)cc1. The quantitative estimate of drug-likeness (QED) is 0.787. The van der Waals surface area contributed by atoms with Crippen molar-refractivity contribution in [2.24, 2.45) is 11.7 Å². The van der Waals surface area contributed by atoms with E-state index in [2.05, 4.69) is 12.2 Å². The Morgan fingerprint density at radius 2 is 1.90 bits per heavy atom. The van der Waals surface area contributed by atoms with Gasteiger partial charge >= 0.3 is 6.18 Å². The Morgan fingerprint density at radius 3 is 2.35 bits per heavy atom. The predicted octanol–water partition coefficient (Wildman–Crippen LogP) is 2.72. The second-order valence-electron chi connectivity index (χ2n) is 4.19. The summed E-state index contributed by atoms with van der Waals surface area (Å²) in [5, 5.41) is 0. The standard InChI is InChI=1S/C13H16F3NO2S/c1-18-7-6-9-2-4-10(5-3-9)19-8-11(12(17)20)13(14,15)16/h2-5,11H,6-8H2,1H3,(H2,17,20). The zero-order valence-corrected chi connectivity index (χ0v) is 11.8. The minimum absolute atomic E-state index is 0.344. The van der Waals surface area contributed by atoms with E-state index in [0.29, 0.717) is 12.4 Å². The smallest absolute Gasteiger partial charge is 0.401 e. The molecule has 1 aromatic rings. The molecule has 1 unspecified atom stereocenters. The van der Waals surface area contributed by atoms with Gasteiger partial charge in [0.05, 0.1) is 11.6 Å². The van der Waals surface area contributed by atoms with Gasteiger partial charge in [-0.15, -0.1) is 0 Å². The summed E-state index contributed by atoms with van der Waals surface area (Å²) in [6.45, 7) is -0.0337. The lowest BCUT2D eigenvalue weighted by molar-refractivity contribution is -0.161. The largest absolute Gasteiger partial charge is 0.493 e. The molecule has 20 heavy (non-hydrogen) atoms. The van der Waals surface area contributed by atoms with E-state index in [9.17, 15) is 13.2 Å². The molecule has 0 amide bonds. The van der Waals surface area contributed by atoms with Crippen molar-refractivity contribution in [3.8, 4) is 5.75 Å². The number of hydrogen-bond acceptors (Lipinski definition) is 3. The van der Waals surface area contributed by atoms with Crippen LogP contribution in [-0.4, -0.2) is 31.5 Å². The fourth-order valence-electron chi connectivity index (χ4n) is 1.49. The summed E-state index contributed by atoms with van der Waals surface area (Å²) < 4.78 is 47.9. The minimum atomic E-state index is -4.50. The first-order valence-corrected chi connectivity index (χ1v) is 6.32. The zero-order valence-electron chi connectivity index (χ0n) is 10.9. The molecule has 0 spiro atoms. The van der Waals surface area contributed by atoms with Crippen LogP contribution in [0.4, 0.5) is 13.2 Å². The van der Waals surface area contributed by atoms with E-state index in [0.717, 1.165) is 12.0 Å². The van der Waals surface area contributed by atoms with Gasteiger partial charge in [-0.05, 0) is 24.1 Å². The number of ether oxygens (including phenoxy) is 2. The monoisotopic (exact) mass is 307 g/mol. The van der Waals surface area contributed by atoms with Crippen LogP contribution in [0, 0.1) is 5.92 Å². The third-order valence-corrected chi connectivity index (χ3v) is 2.96. The molecule has 112 valence electrons. The van der Waals surface area contributed by atoms with Crippen molar-refractivity contribution in [1.82, 2.24) is 0 Å². The van der Waals surface area contributed by atoms with Gasteiger partial charge in [0.25, 0.3) is 0 Å². The zero-order chi connectivity index (χ0) is 15.2. The van der Waals surface area contributed by atoms with Gasteiger partial charge in [0.1, 0.15) is 18.3 Å². The van der Waals surface area contributed by atoms with Gasteiger partial charge in [-0.3, -0.25) is 0 Å². The molecule has 0 aliphatic heterocycles. The van der Waals surface area contributed by atoms with Gasteiger partial charge < -0.3 is 15.2 Å². The number of rotatable bonds is 7. The first-order valence-electron chi connectivity index (χ1n) is 5.91. The van der Waals surface area contributed by atoms with Crippen molar-refractivity contribution in [3.05, 3.63) is 29.8 Å². The summed E-state index contributed by atoms with van der Waals surface area (Å²) in [5.74, 6) is -1.60. The van der Waals surface area contributed by atoms with Gasteiger partial charge in [0.2, 0.25) is 0 Å². The number of thiocarbonyl (C=S) groups is 1. The third kappa shape index (κ3) is 5.34.